The maximum atomic E-state index is 16.1. The van der Waals surface area contributed by atoms with Gasteiger partial charge < -0.3 is 20.2 Å². The molecule has 1 aliphatic heterocycles. The van der Waals surface area contributed by atoms with Crippen molar-refractivity contribution in [3.8, 4) is 16.8 Å². The van der Waals surface area contributed by atoms with E-state index in [4.69, 9.17) is 4.98 Å². The third kappa shape index (κ3) is 3.81. The maximum Gasteiger partial charge on any atom is 0.157 e. The van der Waals surface area contributed by atoms with E-state index in [9.17, 15) is 0 Å². The van der Waals surface area contributed by atoms with E-state index in [1.165, 1.54) is 6.20 Å². The van der Waals surface area contributed by atoms with Gasteiger partial charge in [-0.3, -0.25) is 9.98 Å². The van der Waals surface area contributed by atoms with Crippen molar-refractivity contribution in [1.29, 1.82) is 0 Å². The van der Waals surface area contributed by atoms with Crippen LogP contribution in [0.4, 0.5) is 10.2 Å². The minimum absolute atomic E-state index is 0.276. The molecule has 0 saturated carbocycles. The summed E-state index contributed by atoms with van der Waals surface area (Å²) in [5.41, 5.74) is 6.06. The molecule has 0 saturated heterocycles. The molecular formula is C26H24FN9. The van der Waals surface area contributed by atoms with Gasteiger partial charge >= 0.3 is 0 Å². The normalized spacial score (nSPS) is 12.9. The van der Waals surface area contributed by atoms with Gasteiger partial charge in [0, 0.05) is 42.5 Å². The topological polar surface area (TPSA) is 109 Å². The molecule has 5 heterocycles. The highest BCUT2D eigenvalue weighted by molar-refractivity contribution is 6.16. The van der Waals surface area contributed by atoms with Crippen LogP contribution in [0.2, 0.25) is 0 Å². The molecule has 3 N–H and O–H groups in total. The van der Waals surface area contributed by atoms with Gasteiger partial charge in [0.2, 0.25) is 0 Å². The fourth-order valence-electron chi connectivity index (χ4n) is 4.40. The Kier molecular flexibility index (Phi) is 5.49. The highest BCUT2D eigenvalue weighted by atomic mass is 19.1. The molecule has 36 heavy (non-hydrogen) atoms. The minimum Gasteiger partial charge on any atom is -0.350 e. The molecule has 5 aromatic rings. The fraction of sp³-hybridized carbons (Fsp3) is 0.192. The van der Waals surface area contributed by atoms with Gasteiger partial charge in [0.1, 0.15) is 29.5 Å². The summed E-state index contributed by atoms with van der Waals surface area (Å²) in [6.07, 6.45) is 8.66. The Balaban J connectivity index is 1.45. The number of nitrogens with zero attached hydrogens (tertiary/aromatic N) is 6. The monoisotopic (exact) mass is 481 g/mol. The van der Waals surface area contributed by atoms with E-state index in [2.05, 4.69) is 35.6 Å². The van der Waals surface area contributed by atoms with Crippen LogP contribution < -0.4 is 10.6 Å². The molecule has 0 amide bonds. The van der Waals surface area contributed by atoms with Crippen LogP contribution in [0.5, 0.6) is 0 Å². The molecule has 0 aliphatic carbocycles. The second kappa shape index (κ2) is 8.97. The lowest BCUT2D eigenvalue weighted by Gasteiger charge is -2.18. The summed E-state index contributed by atoms with van der Waals surface area (Å²) in [5, 5.41) is 6.35. The number of H-pyrrole nitrogens is 1. The number of rotatable bonds is 6. The van der Waals surface area contributed by atoms with Crippen molar-refractivity contribution in [2.45, 2.75) is 20.4 Å². The zero-order valence-corrected chi connectivity index (χ0v) is 19.9. The summed E-state index contributed by atoms with van der Waals surface area (Å²) in [4.78, 5) is 25.9. The van der Waals surface area contributed by atoms with Gasteiger partial charge in [-0.2, -0.15) is 0 Å². The van der Waals surface area contributed by atoms with Gasteiger partial charge in [-0.25, -0.2) is 19.3 Å². The number of fused-ring (bicyclic) bond motifs is 2. The summed E-state index contributed by atoms with van der Waals surface area (Å²) in [6.45, 7) is 5.74. The first kappa shape index (κ1) is 22.1. The molecule has 6 rings (SSSR count). The van der Waals surface area contributed by atoms with E-state index >= 15 is 4.39 Å². The standard InChI is InChI=1S/C26H24FN9/c1-3-28-8-16-7-17(10-29-9-16)18-11-30-25-21(22(18)27)24(31-13-32-25)26-34-19-5-4-6-20(23(19)35-26)36-12-15(2)33-14-36/h4-7,9-12,14,28H,3,8,13H2,1-2H3,(H,30,32)(H,34,35). The number of aliphatic imine (C=N–C) groups is 1. The molecule has 0 spiro atoms. The van der Waals surface area contributed by atoms with E-state index < -0.39 is 5.82 Å². The molecule has 1 aromatic carbocycles. The average Bonchev–Trinajstić information content (AvgIpc) is 3.54. The van der Waals surface area contributed by atoms with Crippen molar-refractivity contribution in [3.63, 3.8) is 0 Å². The Morgan fingerprint density at radius 3 is 2.92 bits per heavy atom. The van der Waals surface area contributed by atoms with Crippen LogP contribution in [0.3, 0.4) is 0 Å². The van der Waals surface area contributed by atoms with Crippen molar-refractivity contribution >= 4 is 22.6 Å². The predicted octanol–water partition coefficient (Wildman–Crippen LogP) is 3.98. The fourth-order valence-corrected chi connectivity index (χ4v) is 4.40. The largest absolute Gasteiger partial charge is 0.350 e. The number of benzene rings is 1. The number of imidazole rings is 2. The zero-order valence-electron chi connectivity index (χ0n) is 19.9. The van der Waals surface area contributed by atoms with Crippen molar-refractivity contribution in [2.75, 3.05) is 18.5 Å². The molecule has 9 nitrogen and oxygen atoms in total. The summed E-state index contributed by atoms with van der Waals surface area (Å²) >= 11 is 0. The Morgan fingerprint density at radius 2 is 2.08 bits per heavy atom. The van der Waals surface area contributed by atoms with Crippen LogP contribution in [-0.4, -0.2) is 48.4 Å². The predicted molar refractivity (Wildman–Crippen MR) is 137 cm³/mol. The second-order valence-electron chi connectivity index (χ2n) is 8.59. The lowest BCUT2D eigenvalue weighted by atomic mass is 10.0. The van der Waals surface area contributed by atoms with Crippen molar-refractivity contribution < 1.29 is 4.39 Å². The van der Waals surface area contributed by atoms with Crippen LogP contribution in [-0.2, 0) is 6.54 Å². The number of hydrogen-bond acceptors (Lipinski definition) is 7. The van der Waals surface area contributed by atoms with Gasteiger partial charge in [-0.15, -0.1) is 0 Å². The van der Waals surface area contributed by atoms with Gasteiger partial charge in [0.15, 0.2) is 5.82 Å². The average molecular weight is 482 g/mol. The van der Waals surface area contributed by atoms with Crippen LogP contribution in [0.1, 0.15) is 29.6 Å². The quantitative estimate of drug-likeness (QED) is 0.339. The minimum atomic E-state index is -0.417. The third-order valence-corrected chi connectivity index (χ3v) is 6.13. The molecule has 0 radical (unpaired) electrons. The van der Waals surface area contributed by atoms with E-state index in [-0.39, 0.29) is 12.2 Å². The first-order valence-electron chi connectivity index (χ1n) is 11.7. The summed E-state index contributed by atoms with van der Waals surface area (Å²) in [5.74, 6) is 0.497. The van der Waals surface area contributed by atoms with Crippen LogP contribution >= 0.6 is 0 Å². The van der Waals surface area contributed by atoms with E-state index in [1.807, 2.05) is 48.9 Å². The first-order chi connectivity index (χ1) is 17.6. The van der Waals surface area contributed by atoms with Crippen LogP contribution in [0.15, 0.2) is 60.4 Å². The molecular weight excluding hydrogens is 457 g/mol. The van der Waals surface area contributed by atoms with E-state index in [0.717, 1.165) is 34.5 Å². The Labute approximate surface area is 206 Å². The van der Waals surface area contributed by atoms with Crippen LogP contribution in [0, 0.1) is 12.7 Å². The molecule has 1 aliphatic rings. The lowest BCUT2D eigenvalue weighted by molar-refractivity contribution is 0.626. The number of nitrogens with one attached hydrogen (secondary N) is 3. The number of para-hydroxylation sites is 1. The highest BCUT2D eigenvalue weighted by Crippen LogP contribution is 2.32. The van der Waals surface area contributed by atoms with Crippen molar-refractivity contribution in [2.24, 2.45) is 4.99 Å². The number of anilines is 1. The number of pyridine rings is 2. The lowest BCUT2D eigenvalue weighted by Crippen LogP contribution is -2.21. The molecule has 0 unspecified atom stereocenters. The Bertz CT molecular complexity index is 1620. The smallest absolute Gasteiger partial charge is 0.157 e. The van der Waals surface area contributed by atoms with Crippen molar-refractivity contribution in [1.82, 2.24) is 34.8 Å². The third-order valence-electron chi connectivity index (χ3n) is 6.13. The van der Waals surface area contributed by atoms with Gasteiger partial charge in [0.05, 0.1) is 28.8 Å². The van der Waals surface area contributed by atoms with Crippen LogP contribution in [0.25, 0.3) is 27.8 Å². The number of halogens is 1. The summed E-state index contributed by atoms with van der Waals surface area (Å²) in [7, 11) is 0. The second-order valence-corrected chi connectivity index (χ2v) is 8.59. The molecule has 0 fully saturated rings. The van der Waals surface area contributed by atoms with Gasteiger partial charge in [-0.05, 0) is 37.2 Å². The molecule has 180 valence electrons. The number of hydrogen-bond donors (Lipinski definition) is 3. The highest BCUT2D eigenvalue weighted by Gasteiger charge is 2.27. The van der Waals surface area contributed by atoms with Gasteiger partial charge in [0.25, 0.3) is 0 Å². The molecule has 0 bridgehead atoms. The van der Waals surface area contributed by atoms with Crippen molar-refractivity contribution in [3.05, 3.63) is 83.8 Å². The first-order valence-corrected chi connectivity index (χ1v) is 11.7. The molecule has 0 atom stereocenters. The maximum absolute atomic E-state index is 16.1. The Morgan fingerprint density at radius 1 is 1.17 bits per heavy atom. The number of aromatic amines is 1. The van der Waals surface area contributed by atoms with E-state index in [0.29, 0.717) is 35.0 Å². The number of aryl methyl sites for hydroxylation is 1. The SMILES string of the molecule is CCNCc1cncc(-c2cnc3c(c2F)C(c2nc4c(-n5cnc(C)c5)cccc4[nH]2)=NCN3)c1. The van der Waals surface area contributed by atoms with E-state index in [1.54, 1.807) is 18.7 Å². The van der Waals surface area contributed by atoms with Gasteiger partial charge in [-0.1, -0.05) is 13.0 Å². The molecule has 4 aromatic heterocycles. The summed E-state index contributed by atoms with van der Waals surface area (Å²) in [6, 6.07) is 7.78. The summed E-state index contributed by atoms with van der Waals surface area (Å²) < 4.78 is 18.0. The number of aromatic nitrogens is 6. The Hall–Kier alpha value is -4.44. The zero-order chi connectivity index (χ0) is 24.6. The molecule has 10 heteroatoms.